The fourth-order valence-electron chi connectivity index (χ4n) is 2.49. The number of carbonyl (C=O) groups excluding carboxylic acids is 2. The maximum Gasteiger partial charge on any atom is 0.331 e. The van der Waals surface area contributed by atoms with Gasteiger partial charge in [0.15, 0.2) is 12.4 Å². The van der Waals surface area contributed by atoms with E-state index >= 15 is 0 Å². The number of benzene rings is 1. The molecule has 0 radical (unpaired) electrons. The summed E-state index contributed by atoms with van der Waals surface area (Å²) in [7, 11) is -2.37. The Morgan fingerprint density at radius 2 is 1.86 bits per heavy atom. The van der Waals surface area contributed by atoms with Gasteiger partial charge in [-0.2, -0.15) is 4.31 Å². The molecule has 0 unspecified atom stereocenters. The minimum Gasteiger partial charge on any atom is -0.495 e. The average Bonchev–Trinajstić information content (AvgIpc) is 2.70. The van der Waals surface area contributed by atoms with Gasteiger partial charge in [0.05, 0.1) is 20.3 Å². The van der Waals surface area contributed by atoms with Crippen molar-refractivity contribution in [1.29, 1.82) is 0 Å². The first-order valence-corrected chi connectivity index (χ1v) is 10.6. The van der Waals surface area contributed by atoms with E-state index in [0.717, 1.165) is 6.08 Å². The first-order valence-electron chi connectivity index (χ1n) is 9.20. The van der Waals surface area contributed by atoms with E-state index in [0.29, 0.717) is 18.8 Å². The number of ether oxygens (including phenoxy) is 3. The van der Waals surface area contributed by atoms with E-state index in [2.05, 4.69) is 0 Å². The summed E-state index contributed by atoms with van der Waals surface area (Å²) in [6, 6.07) is 4.59. The second-order valence-corrected chi connectivity index (χ2v) is 9.45. The lowest BCUT2D eigenvalue weighted by Gasteiger charge is -2.26. The van der Waals surface area contributed by atoms with Gasteiger partial charge in [-0.15, -0.1) is 0 Å². The Hall–Kier alpha value is -2.23. The Morgan fingerprint density at radius 3 is 2.45 bits per heavy atom. The first kappa shape index (κ1) is 23.1. The zero-order valence-corrected chi connectivity index (χ0v) is 18.0. The van der Waals surface area contributed by atoms with Crippen LogP contribution in [0.5, 0.6) is 5.75 Å². The summed E-state index contributed by atoms with van der Waals surface area (Å²) < 4.78 is 42.6. The van der Waals surface area contributed by atoms with Gasteiger partial charge < -0.3 is 14.2 Å². The second-order valence-electron chi connectivity index (χ2n) is 7.54. The van der Waals surface area contributed by atoms with Gasteiger partial charge in [0.2, 0.25) is 10.0 Å². The summed E-state index contributed by atoms with van der Waals surface area (Å²) in [5, 5.41) is 0. The van der Waals surface area contributed by atoms with E-state index in [1.165, 1.54) is 29.6 Å². The number of hydrogen-bond donors (Lipinski definition) is 0. The lowest BCUT2D eigenvalue weighted by Crippen LogP contribution is -2.40. The topological polar surface area (TPSA) is 99.2 Å². The van der Waals surface area contributed by atoms with E-state index in [-0.39, 0.29) is 36.1 Å². The average molecular weight is 426 g/mol. The maximum atomic E-state index is 13.0. The molecular formula is C20H27NO7S. The molecule has 1 saturated heterocycles. The third-order valence-corrected chi connectivity index (χ3v) is 6.29. The fraction of sp³-hybridized carbons (Fsp3) is 0.500. The van der Waals surface area contributed by atoms with Gasteiger partial charge in [-0.1, -0.05) is 26.8 Å². The van der Waals surface area contributed by atoms with Crippen LogP contribution in [0.4, 0.5) is 0 Å². The van der Waals surface area contributed by atoms with Crippen molar-refractivity contribution in [3.8, 4) is 5.75 Å². The SMILES string of the molecule is COc1ccc(/C=C/C(=O)OCC(=O)C(C)(C)C)cc1S(=O)(=O)N1CCOCC1. The van der Waals surface area contributed by atoms with Crippen LogP contribution in [0.3, 0.4) is 0 Å². The Labute approximate surface area is 171 Å². The van der Waals surface area contributed by atoms with E-state index in [1.807, 2.05) is 0 Å². The molecule has 9 heteroatoms. The van der Waals surface area contributed by atoms with Crippen LogP contribution in [0.25, 0.3) is 6.08 Å². The molecule has 1 aromatic carbocycles. The van der Waals surface area contributed by atoms with Crippen LogP contribution in [-0.2, 0) is 29.1 Å². The molecule has 0 saturated carbocycles. The molecule has 0 atom stereocenters. The van der Waals surface area contributed by atoms with Gasteiger partial charge in [0, 0.05) is 24.6 Å². The predicted molar refractivity (Wildman–Crippen MR) is 107 cm³/mol. The van der Waals surface area contributed by atoms with Crippen LogP contribution in [0, 0.1) is 5.41 Å². The van der Waals surface area contributed by atoms with Crippen molar-refractivity contribution in [2.45, 2.75) is 25.7 Å². The van der Waals surface area contributed by atoms with Crippen molar-refractivity contribution in [2.75, 3.05) is 40.0 Å². The van der Waals surface area contributed by atoms with Crippen LogP contribution in [0.1, 0.15) is 26.3 Å². The Kier molecular flexibility index (Phi) is 7.56. The van der Waals surface area contributed by atoms with Crippen molar-refractivity contribution in [3.05, 3.63) is 29.8 Å². The van der Waals surface area contributed by atoms with Crippen molar-refractivity contribution >= 4 is 27.9 Å². The van der Waals surface area contributed by atoms with Crippen LogP contribution >= 0.6 is 0 Å². The summed E-state index contributed by atoms with van der Waals surface area (Å²) in [5.74, 6) is -0.661. The lowest BCUT2D eigenvalue weighted by atomic mass is 9.91. The van der Waals surface area contributed by atoms with E-state index in [4.69, 9.17) is 14.2 Å². The third kappa shape index (κ3) is 6.12. The minimum atomic E-state index is -3.77. The molecule has 8 nitrogen and oxygen atoms in total. The molecule has 0 N–H and O–H groups in total. The molecule has 0 bridgehead atoms. The minimum absolute atomic E-state index is 0.0142. The van der Waals surface area contributed by atoms with Crippen LogP contribution in [-0.4, -0.2) is 64.5 Å². The van der Waals surface area contributed by atoms with Crippen molar-refractivity contribution in [1.82, 2.24) is 4.31 Å². The number of ketones is 1. The monoisotopic (exact) mass is 425 g/mol. The summed E-state index contributed by atoms with van der Waals surface area (Å²) in [4.78, 5) is 23.7. The van der Waals surface area contributed by atoms with Crippen molar-refractivity contribution in [3.63, 3.8) is 0 Å². The highest BCUT2D eigenvalue weighted by Gasteiger charge is 2.29. The number of hydrogen-bond acceptors (Lipinski definition) is 7. The number of methoxy groups -OCH3 is 1. The highest BCUT2D eigenvalue weighted by atomic mass is 32.2. The molecule has 160 valence electrons. The lowest BCUT2D eigenvalue weighted by molar-refractivity contribution is -0.145. The fourth-order valence-corrected chi connectivity index (χ4v) is 4.09. The van der Waals surface area contributed by atoms with Gasteiger partial charge in [-0.05, 0) is 23.8 Å². The number of carbonyl (C=O) groups is 2. The van der Waals surface area contributed by atoms with Crippen LogP contribution < -0.4 is 4.74 Å². The molecule has 1 heterocycles. The highest BCUT2D eigenvalue weighted by Crippen LogP contribution is 2.28. The Bertz CT molecular complexity index is 879. The summed E-state index contributed by atoms with van der Waals surface area (Å²) in [6.07, 6.45) is 2.59. The molecule has 1 aromatic rings. The van der Waals surface area contributed by atoms with Gasteiger partial charge in [0.1, 0.15) is 10.6 Å². The molecule has 0 aliphatic carbocycles. The molecule has 0 spiro atoms. The van der Waals surface area contributed by atoms with Gasteiger partial charge in [0.25, 0.3) is 0 Å². The number of morpholine rings is 1. The van der Waals surface area contributed by atoms with Crippen LogP contribution in [0.2, 0.25) is 0 Å². The van der Waals surface area contributed by atoms with Crippen molar-refractivity contribution < 1.29 is 32.2 Å². The largest absolute Gasteiger partial charge is 0.495 e. The smallest absolute Gasteiger partial charge is 0.331 e. The molecule has 0 amide bonds. The number of esters is 1. The van der Waals surface area contributed by atoms with E-state index < -0.39 is 21.4 Å². The van der Waals surface area contributed by atoms with E-state index in [9.17, 15) is 18.0 Å². The maximum absolute atomic E-state index is 13.0. The highest BCUT2D eigenvalue weighted by molar-refractivity contribution is 7.89. The van der Waals surface area contributed by atoms with Gasteiger partial charge in [-0.25, -0.2) is 13.2 Å². The number of rotatable bonds is 7. The molecule has 1 aliphatic heterocycles. The van der Waals surface area contributed by atoms with Gasteiger partial charge in [-0.3, -0.25) is 4.79 Å². The zero-order chi connectivity index (χ0) is 21.7. The molecular weight excluding hydrogens is 398 g/mol. The van der Waals surface area contributed by atoms with E-state index in [1.54, 1.807) is 26.8 Å². The molecule has 2 rings (SSSR count). The number of nitrogens with zero attached hydrogens (tertiary/aromatic N) is 1. The third-order valence-electron chi connectivity index (χ3n) is 4.37. The van der Waals surface area contributed by atoms with Crippen LogP contribution in [0.15, 0.2) is 29.2 Å². The molecule has 1 aliphatic rings. The Balaban J connectivity index is 2.16. The number of sulfonamides is 1. The van der Waals surface area contributed by atoms with Gasteiger partial charge >= 0.3 is 5.97 Å². The number of Topliss-reactive ketones (excluding diaryl/α,β-unsaturated/α-hetero) is 1. The summed E-state index contributed by atoms with van der Waals surface area (Å²) in [5.41, 5.74) is -0.111. The second kappa shape index (κ2) is 9.51. The predicted octanol–water partition coefficient (Wildman–Crippen LogP) is 1.89. The van der Waals surface area contributed by atoms with Crippen molar-refractivity contribution in [2.24, 2.45) is 5.41 Å². The Morgan fingerprint density at radius 1 is 1.21 bits per heavy atom. The molecule has 29 heavy (non-hydrogen) atoms. The summed E-state index contributed by atoms with van der Waals surface area (Å²) in [6.45, 7) is 6.11. The molecule has 1 fully saturated rings. The first-order chi connectivity index (χ1) is 13.6. The summed E-state index contributed by atoms with van der Waals surface area (Å²) >= 11 is 0. The quantitative estimate of drug-likeness (QED) is 0.486. The molecule has 0 aromatic heterocycles. The normalized spacial score (nSPS) is 16.0. The standard InChI is InChI=1S/C20H27NO7S/c1-20(2,3)18(22)14-28-19(23)8-6-15-5-7-16(26-4)17(13-15)29(24,25)21-9-11-27-12-10-21/h5-8,13H,9-12,14H2,1-4H3/b8-6+. The zero-order valence-electron chi connectivity index (χ0n) is 17.1.